The van der Waals surface area contributed by atoms with Crippen LogP contribution in [0.1, 0.15) is 23.6 Å². The topological polar surface area (TPSA) is 35.6 Å². The number of hydrogen-bond acceptors (Lipinski definition) is 2. The lowest BCUT2D eigenvalue weighted by Crippen LogP contribution is -2.22. The minimum Gasteiger partial charge on any atom is -0.309 e. The van der Waals surface area contributed by atoms with E-state index >= 15 is 0 Å². The van der Waals surface area contributed by atoms with Crippen molar-refractivity contribution in [3.63, 3.8) is 0 Å². The van der Waals surface area contributed by atoms with Crippen molar-refractivity contribution in [3.05, 3.63) is 156 Å². The second kappa shape index (κ2) is 8.38. The van der Waals surface area contributed by atoms with E-state index in [1.807, 2.05) is 12.3 Å². The van der Waals surface area contributed by atoms with Crippen LogP contribution in [0.5, 0.6) is 0 Å². The number of hydrogen-bond donors (Lipinski definition) is 0. The summed E-state index contributed by atoms with van der Waals surface area (Å²) in [5.74, 6) is 0.676. The average Bonchev–Trinajstić information content (AvgIpc) is 3.71. The second-order valence-electron chi connectivity index (χ2n) is 12.8. The molecule has 0 spiro atoms. The molecule has 0 saturated heterocycles. The van der Waals surface area contributed by atoms with Crippen LogP contribution >= 0.6 is 0 Å². The Hall–Kier alpha value is -6.00. The van der Waals surface area contributed by atoms with Gasteiger partial charge in [0.15, 0.2) is 0 Å². The Morgan fingerprint density at radius 1 is 0.522 bits per heavy atom. The molecule has 1 unspecified atom stereocenters. The summed E-state index contributed by atoms with van der Waals surface area (Å²) in [6.45, 7) is 2.40. The van der Waals surface area contributed by atoms with Crippen LogP contribution in [-0.2, 0) is 5.41 Å². The average molecular weight is 587 g/mol. The third kappa shape index (κ3) is 2.90. The van der Waals surface area contributed by atoms with Gasteiger partial charge >= 0.3 is 0 Å². The Kier molecular flexibility index (Phi) is 4.43. The highest BCUT2D eigenvalue weighted by atomic mass is 15.2. The molecule has 1 aliphatic carbocycles. The fourth-order valence-electron chi connectivity index (χ4n) is 8.46. The highest BCUT2D eigenvalue weighted by Crippen LogP contribution is 2.54. The molecule has 2 aliphatic heterocycles. The van der Waals surface area contributed by atoms with Crippen molar-refractivity contribution in [3.8, 4) is 34.0 Å². The molecule has 0 radical (unpaired) electrons. The number of benzene rings is 6. The SMILES string of the molecule is CC12c3ccc4c(c3)c3ccccc3n4-c3cccc(c3)-c3ccnc(n3)-n3c4ccccc4c4cc(c1cc43)-c1ccccc12. The molecule has 46 heavy (non-hydrogen) atoms. The first kappa shape index (κ1) is 24.3. The van der Waals surface area contributed by atoms with Crippen LogP contribution in [0.4, 0.5) is 0 Å². The number of rotatable bonds is 0. The molecule has 10 bridgehead atoms. The van der Waals surface area contributed by atoms with Crippen molar-refractivity contribution in [2.75, 3.05) is 0 Å². The fourth-order valence-corrected chi connectivity index (χ4v) is 8.46. The molecule has 214 valence electrons. The lowest BCUT2D eigenvalue weighted by atomic mass is 9.74. The first-order valence-corrected chi connectivity index (χ1v) is 15.8. The molecule has 6 aromatic carbocycles. The van der Waals surface area contributed by atoms with Crippen molar-refractivity contribution in [2.24, 2.45) is 0 Å². The lowest BCUT2D eigenvalue weighted by molar-refractivity contribution is 0.715. The predicted octanol–water partition coefficient (Wildman–Crippen LogP) is 9.99. The summed E-state index contributed by atoms with van der Waals surface area (Å²) in [5.41, 5.74) is 13.8. The minimum absolute atomic E-state index is 0.363. The van der Waals surface area contributed by atoms with Gasteiger partial charge in [0.05, 0.1) is 27.8 Å². The van der Waals surface area contributed by atoms with Gasteiger partial charge in [-0.2, -0.15) is 0 Å². The predicted molar refractivity (Wildman–Crippen MR) is 187 cm³/mol. The summed E-state index contributed by atoms with van der Waals surface area (Å²) >= 11 is 0. The van der Waals surface area contributed by atoms with Gasteiger partial charge in [0.1, 0.15) is 0 Å². The first-order valence-electron chi connectivity index (χ1n) is 15.8. The summed E-state index contributed by atoms with van der Waals surface area (Å²) < 4.78 is 4.65. The van der Waals surface area contributed by atoms with Crippen LogP contribution in [0, 0.1) is 0 Å². The van der Waals surface area contributed by atoms with E-state index in [4.69, 9.17) is 9.97 Å². The van der Waals surface area contributed by atoms with E-state index in [-0.39, 0.29) is 5.41 Å². The van der Waals surface area contributed by atoms with Crippen molar-refractivity contribution in [1.82, 2.24) is 19.1 Å². The molecular weight excluding hydrogens is 560 g/mol. The van der Waals surface area contributed by atoms with Gasteiger partial charge in [-0.25, -0.2) is 9.97 Å². The number of fused-ring (bicyclic) bond motifs is 6. The molecule has 0 fully saturated rings. The maximum atomic E-state index is 5.24. The Morgan fingerprint density at radius 3 is 2.13 bits per heavy atom. The molecule has 0 amide bonds. The van der Waals surface area contributed by atoms with Gasteiger partial charge in [-0.15, -0.1) is 0 Å². The molecular formula is C42H26N4. The van der Waals surface area contributed by atoms with E-state index in [2.05, 4.69) is 143 Å². The zero-order valence-corrected chi connectivity index (χ0v) is 25.1. The summed E-state index contributed by atoms with van der Waals surface area (Å²) in [7, 11) is 0. The summed E-state index contributed by atoms with van der Waals surface area (Å²) in [6.07, 6.45) is 1.89. The minimum atomic E-state index is -0.363. The van der Waals surface area contributed by atoms with E-state index in [0.717, 1.165) is 28.0 Å². The highest BCUT2D eigenvalue weighted by molar-refractivity contribution is 6.12. The van der Waals surface area contributed by atoms with Gasteiger partial charge in [0.2, 0.25) is 5.95 Å². The van der Waals surface area contributed by atoms with Crippen LogP contribution in [0.15, 0.2) is 140 Å². The van der Waals surface area contributed by atoms with Crippen molar-refractivity contribution in [2.45, 2.75) is 12.3 Å². The fraction of sp³-hybridized carbons (Fsp3) is 0.0476. The second-order valence-corrected chi connectivity index (χ2v) is 12.8. The van der Waals surface area contributed by atoms with E-state index in [9.17, 15) is 0 Å². The van der Waals surface area contributed by atoms with Crippen LogP contribution in [-0.4, -0.2) is 19.1 Å². The largest absolute Gasteiger partial charge is 0.309 e. The Morgan fingerprint density at radius 2 is 1.26 bits per heavy atom. The van der Waals surface area contributed by atoms with Crippen LogP contribution in [0.2, 0.25) is 0 Å². The standard InChI is InChI=1S/C42H26N4/c1-42-26-17-18-39-32(22-26)29-12-3-6-15-37(29)45(39)27-10-8-9-25(21-27)36-19-20-43-41(44-36)46-38-16-7-4-13-30(38)33-23-31(35(42)24-40(33)46)28-11-2-5-14-34(28)42/h2-24H,1H3. The third-order valence-corrected chi connectivity index (χ3v) is 10.6. The molecule has 0 saturated carbocycles. The first-order chi connectivity index (χ1) is 22.7. The Labute approximate surface area is 264 Å². The molecule has 3 aromatic heterocycles. The van der Waals surface area contributed by atoms with E-state index in [1.54, 1.807) is 0 Å². The third-order valence-electron chi connectivity index (χ3n) is 10.6. The summed E-state index contributed by atoms with van der Waals surface area (Å²) in [5, 5.41) is 4.93. The van der Waals surface area contributed by atoms with Crippen molar-refractivity contribution < 1.29 is 0 Å². The van der Waals surface area contributed by atoms with E-state index < -0.39 is 0 Å². The van der Waals surface area contributed by atoms with Gasteiger partial charge in [-0.1, -0.05) is 78.9 Å². The molecule has 4 nitrogen and oxygen atoms in total. The van der Waals surface area contributed by atoms with E-state index in [1.165, 1.54) is 60.4 Å². The van der Waals surface area contributed by atoms with Crippen LogP contribution < -0.4 is 0 Å². The Balaban J connectivity index is 1.37. The molecule has 9 aromatic rings. The summed E-state index contributed by atoms with van der Waals surface area (Å²) in [4.78, 5) is 10.1. The smallest absolute Gasteiger partial charge is 0.235 e. The van der Waals surface area contributed by atoms with Crippen LogP contribution in [0.25, 0.3) is 77.6 Å². The van der Waals surface area contributed by atoms with Gasteiger partial charge in [-0.3, -0.25) is 4.57 Å². The number of nitrogens with zero attached hydrogens (tertiary/aromatic N) is 4. The molecule has 4 heteroatoms. The maximum Gasteiger partial charge on any atom is 0.235 e. The molecule has 5 heterocycles. The molecule has 1 atom stereocenters. The number of aromatic nitrogens is 4. The van der Waals surface area contributed by atoms with Gasteiger partial charge < -0.3 is 4.57 Å². The lowest BCUT2D eigenvalue weighted by Gasteiger charge is -2.29. The Bertz CT molecular complexity index is 2780. The zero-order chi connectivity index (χ0) is 30.1. The summed E-state index contributed by atoms with van der Waals surface area (Å²) in [6, 6.07) is 49.1. The monoisotopic (exact) mass is 586 g/mol. The van der Waals surface area contributed by atoms with Crippen LogP contribution in [0.3, 0.4) is 0 Å². The normalized spacial score (nSPS) is 16.0. The quantitative estimate of drug-likeness (QED) is 0.177. The highest BCUT2D eigenvalue weighted by Gasteiger charge is 2.41. The molecule has 12 rings (SSSR count). The molecule has 3 aliphatic rings. The van der Waals surface area contributed by atoms with Gasteiger partial charge in [0.25, 0.3) is 0 Å². The van der Waals surface area contributed by atoms with Gasteiger partial charge in [-0.05, 0) is 89.3 Å². The van der Waals surface area contributed by atoms with Gasteiger partial charge in [0, 0.05) is 44.4 Å². The van der Waals surface area contributed by atoms with Crippen molar-refractivity contribution >= 4 is 43.6 Å². The molecule has 0 N–H and O–H groups in total. The number of para-hydroxylation sites is 2. The maximum absolute atomic E-state index is 5.24. The van der Waals surface area contributed by atoms with E-state index in [0.29, 0.717) is 5.95 Å². The zero-order valence-electron chi connectivity index (χ0n) is 25.1. The van der Waals surface area contributed by atoms with Crippen molar-refractivity contribution in [1.29, 1.82) is 0 Å².